The van der Waals surface area contributed by atoms with Crippen molar-refractivity contribution in [3.05, 3.63) is 76.9 Å². The fourth-order valence-electron chi connectivity index (χ4n) is 6.45. The maximum atomic E-state index is 13.4. The van der Waals surface area contributed by atoms with Gasteiger partial charge in [-0.15, -0.1) is 0 Å². The predicted octanol–water partition coefficient (Wildman–Crippen LogP) is 6.66. The lowest BCUT2D eigenvalue weighted by Gasteiger charge is -2.56. The summed E-state index contributed by atoms with van der Waals surface area (Å²) in [5, 5.41) is 15.1. The molecular formula is C31H30ClN3O4. The van der Waals surface area contributed by atoms with Gasteiger partial charge >= 0.3 is 5.97 Å². The van der Waals surface area contributed by atoms with E-state index in [-0.39, 0.29) is 17.1 Å². The lowest BCUT2D eigenvalue weighted by atomic mass is 9.47. The van der Waals surface area contributed by atoms with Gasteiger partial charge in [-0.2, -0.15) is 5.10 Å². The maximum absolute atomic E-state index is 13.4. The monoisotopic (exact) mass is 543 g/mol. The van der Waals surface area contributed by atoms with Crippen molar-refractivity contribution in [3.8, 4) is 17.1 Å². The van der Waals surface area contributed by atoms with E-state index in [9.17, 15) is 14.7 Å². The highest BCUT2D eigenvalue weighted by Gasteiger charge is 2.54. The quantitative estimate of drug-likeness (QED) is 0.237. The van der Waals surface area contributed by atoms with E-state index in [1.165, 1.54) is 0 Å². The van der Waals surface area contributed by atoms with Crippen LogP contribution >= 0.6 is 11.6 Å². The lowest BCUT2D eigenvalue weighted by molar-refractivity contribution is -0.157. The molecule has 2 heterocycles. The van der Waals surface area contributed by atoms with Gasteiger partial charge < -0.3 is 9.84 Å². The number of carbonyl (C=O) groups excluding carboxylic acids is 1. The van der Waals surface area contributed by atoms with E-state index in [1.54, 1.807) is 12.3 Å². The minimum atomic E-state index is -0.695. The number of ketones is 1. The first-order chi connectivity index (χ1) is 18.8. The van der Waals surface area contributed by atoms with E-state index in [2.05, 4.69) is 10.1 Å². The number of fused-ring (bicyclic) bond motifs is 1. The van der Waals surface area contributed by atoms with Crippen LogP contribution in [0.15, 0.2) is 60.8 Å². The molecule has 2 aliphatic rings. The van der Waals surface area contributed by atoms with Crippen molar-refractivity contribution in [1.82, 2.24) is 14.8 Å². The van der Waals surface area contributed by atoms with Crippen LogP contribution in [-0.4, -0.2) is 38.2 Å². The number of halogens is 1. The third-order valence-corrected chi connectivity index (χ3v) is 8.60. The Balaban J connectivity index is 1.18. The van der Waals surface area contributed by atoms with Gasteiger partial charge in [-0.3, -0.25) is 14.3 Å². The SMILES string of the molecule is CCOc1cccc(-c2ccc(Cn3ncc4c(Cl)ccc(C(=O)CC5CC6(C5)CC(C(=O)O)C6)c43)cc2)n1. The van der Waals surface area contributed by atoms with Crippen LogP contribution in [-0.2, 0) is 11.3 Å². The Labute approximate surface area is 231 Å². The van der Waals surface area contributed by atoms with Gasteiger partial charge in [-0.05, 0) is 67.7 Å². The van der Waals surface area contributed by atoms with Crippen molar-refractivity contribution in [2.24, 2.45) is 17.3 Å². The normalized spacial score (nSPS) is 21.9. The fourth-order valence-corrected chi connectivity index (χ4v) is 6.65. The van der Waals surface area contributed by atoms with Crippen LogP contribution in [0.4, 0.5) is 0 Å². The second-order valence-electron chi connectivity index (χ2n) is 11.0. The van der Waals surface area contributed by atoms with Crippen LogP contribution in [0.1, 0.15) is 54.9 Å². The van der Waals surface area contributed by atoms with Crippen LogP contribution in [0.2, 0.25) is 5.02 Å². The van der Waals surface area contributed by atoms with Crippen molar-refractivity contribution in [2.75, 3.05) is 6.61 Å². The molecule has 2 fully saturated rings. The van der Waals surface area contributed by atoms with Crippen LogP contribution < -0.4 is 4.74 Å². The standard InChI is InChI=1S/C31H30ClN3O4/c1-2-39-28-5-3-4-26(34-28)21-8-6-19(7-9-21)18-35-29-23(10-11-25(32)24(29)17-33-35)27(36)12-20-13-31(14-20)15-22(16-31)30(37)38/h3-11,17,20,22H,2,12-16,18H2,1H3,(H,37,38). The molecule has 6 rings (SSSR count). The number of ether oxygens (including phenoxy) is 1. The number of rotatable bonds is 9. The van der Waals surface area contributed by atoms with E-state index in [0.717, 1.165) is 53.4 Å². The Morgan fingerprint density at radius 1 is 1.08 bits per heavy atom. The molecule has 0 unspecified atom stereocenters. The average Bonchev–Trinajstić information content (AvgIpc) is 3.30. The molecule has 0 bridgehead atoms. The smallest absolute Gasteiger partial charge is 0.306 e. The molecule has 2 saturated carbocycles. The summed E-state index contributed by atoms with van der Waals surface area (Å²) in [6.45, 7) is 3.00. The third kappa shape index (κ3) is 4.91. The molecule has 2 aliphatic carbocycles. The Morgan fingerprint density at radius 3 is 2.56 bits per heavy atom. The molecule has 0 amide bonds. The zero-order valence-corrected chi connectivity index (χ0v) is 22.5. The van der Waals surface area contributed by atoms with Crippen molar-refractivity contribution >= 4 is 34.3 Å². The number of Topliss-reactive ketones (excluding diaryl/α,β-unsaturated/α-hetero) is 1. The van der Waals surface area contributed by atoms with Crippen molar-refractivity contribution in [2.45, 2.75) is 45.6 Å². The summed E-state index contributed by atoms with van der Waals surface area (Å²) in [4.78, 5) is 29.2. The van der Waals surface area contributed by atoms with Gasteiger partial charge in [-0.25, -0.2) is 4.98 Å². The summed E-state index contributed by atoms with van der Waals surface area (Å²) in [7, 11) is 0. The van der Waals surface area contributed by atoms with Crippen LogP contribution in [0, 0.1) is 17.3 Å². The molecule has 1 spiro atoms. The molecule has 200 valence electrons. The number of hydrogen-bond donors (Lipinski definition) is 1. The Hall–Kier alpha value is -3.71. The molecule has 0 atom stereocenters. The first-order valence-corrected chi connectivity index (χ1v) is 13.8. The minimum absolute atomic E-state index is 0.0861. The summed E-state index contributed by atoms with van der Waals surface area (Å²) in [6.07, 6.45) is 5.56. The van der Waals surface area contributed by atoms with E-state index in [1.807, 2.05) is 60.1 Å². The van der Waals surface area contributed by atoms with Gasteiger partial charge in [0.1, 0.15) is 0 Å². The summed E-state index contributed by atoms with van der Waals surface area (Å²) in [5.74, 6) is 0.0848. The molecule has 1 N–H and O–H groups in total. The molecule has 0 radical (unpaired) electrons. The molecule has 2 aromatic carbocycles. The summed E-state index contributed by atoms with van der Waals surface area (Å²) in [5.41, 5.74) is 4.42. The summed E-state index contributed by atoms with van der Waals surface area (Å²) >= 11 is 6.49. The molecule has 7 nitrogen and oxygen atoms in total. The highest BCUT2D eigenvalue weighted by Crippen LogP contribution is 2.62. The fraction of sp³-hybridized carbons (Fsp3) is 0.355. The largest absolute Gasteiger partial charge is 0.481 e. The van der Waals surface area contributed by atoms with E-state index in [0.29, 0.717) is 42.0 Å². The van der Waals surface area contributed by atoms with Crippen molar-refractivity contribution < 1.29 is 19.4 Å². The average molecular weight is 544 g/mol. The van der Waals surface area contributed by atoms with Crippen molar-refractivity contribution in [3.63, 3.8) is 0 Å². The van der Waals surface area contributed by atoms with Gasteiger partial charge in [0.2, 0.25) is 5.88 Å². The molecule has 39 heavy (non-hydrogen) atoms. The lowest BCUT2D eigenvalue weighted by Crippen LogP contribution is -2.50. The summed E-state index contributed by atoms with van der Waals surface area (Å²) in [6, 6.07) is 17.5. The van der Waals surface area contributed by atoms with Crippen LogP contribution in [0.3, 0.4) is 0 Å². The highest BCUT2D eigenvalue weighted by molar-refractivity contribution is 6.36. The van der Waals surface area contributed by atoms with Gasteiger partial charge in [0.25, 0.3) is 0 Å². The molecule has 4 aromatic rings. The molecule has 0 saturated heterocycles. The summed E-state index contributed by atoms with van der Waals surface area (Å²) < 4.78 is 7.38. The number of carboxylic acids is 1. The molecule has 8 heteroatoms. The number of nitrogens with zero attached hydrogens (tertiary/aromatic N) is 3. The number of hydrogen-bond acceptors (Lipinski definition) is 5. The molecule has 0 aliphatic heterocycles. The van der Waals surface area contributed by atoms with E-state index >= 15 is 0 Å². The number of carboxylic acid groups (broad SMARTS) is 1. The zero-order chi connectivity index (χ0) is 27.1. The maximum Gasteiger partial charge on any atom is 0.306 e. The second kappa shape index (κ2) is 10.1. The Kier molecular flexibility index (Phi) is 6.63. The number of aliphatic carboxylic acids is 1. The molecule has 2 aromatic heterocycles. The van der Waals surface area contributed by atoms with Crippen LogP contribution in [0.5, 0.6) is 5.88 Å². The number of aromatic nitrogens is 3. The minimum Gasteiger partial charge on any atom is -0.481 e. The predicted molar refractivity (Wildman–Crippen MR) is 149 cm³/mol. The zero-order valence-electron chi connectivity index (χ0n) is 21.8. The Morgan fingerprint density at radius 2 is 1.85 bits per heavy atom. The molecular weight excluding hydrogens is 514 g/mol. The van der Waals surface area contributed by atoms with Crippen molar-refractivity contribution in [1.29, 1.82) is 0 Å². The van der Waals surface area contributed by atoms with Crippen LogP contribution in [0.25, 0.3) is 22.2 Å². The third-order valence-electron chi connectivity index (χ3n) is 8.27. The number of benzene rings is 2. The van der Waals surface area contributed by atoms with Gasteiger partial charge in [0, 0.05) is 29.0 Å². The first kappa shape index (κ1) is 25.6. The Bertz CT molecular complexity index is 1550. The van der Waals surface area contributed by atoms with Gasteiger partial charge in [0.15, 0.2) is 5.78 Å². The van der Waals surface area contributed by atoms with E-state index in [4.69, 9.17) is 16.3 Å². The number of pyridine rings is 1. The van der Waals surface area contributed by atoms with Gasteiger partial charge in [-0.1, -0.05) is 41.9 Å². The second-order valence-corrected chi connectivity index (χ2v) is 11.4. The highest BCUT2D eigenvalue weighted by atomic mass is 35.5. The number of carbonyl (C=O) groups is 2. The first-order valence-electron chi connectivity index (χ1n) is 13.4. The van der Waals surface area contributed by atoms with E-state index < -0.39 is 5.97 Å². The topological polar surface area (TPSA) is 94.3 Å². The van der Waals surface area contributed by atoms with Gasteiger partial charge in [0.05, 0.1) is 41.5 Å².